The molecule has 10 heteroatoms. The van der Waals surface area contributed by atoms with E-state index in [1.54, 1.807) is 60.7 Å². The van der Waals surface area contributed by atoms with Crippen LogP contribution in [-0.2, 0) is 9.05 Å². The van der Waals surface area contributed by atoms with Gasteiger partial charge < -0.3 is 0 Å². The van der Waals surface area contributed by atoms with Gasteiger partial charge in [-0.25, -0.2) is 0 Å². The van der Waals surface area contributed by atoms with E-state index < -0.39 is 46.4 Å². The predicted octanol–water partition coefficient (Wildman–Crippen LogP) is 6.71. The molecule has 0 aliphatic heterocycles. The molecule has 8 nitrogen and oxygen atoms in total. The van der Waals surface area contributed by atoms with Crippen molar-refractivity contribution in [2.24, 2.45) is 5.41 Å². The quantitative estimate of drug-likeness (QED) is 0.0479. The van der Waals surface area contributed by atoms with E-state index in [1.165, 1.54) is 12.8 Å². The van der Waals surface area contributed by atoms with Crippen molar-refractivity contribution in [3.63, 3.8) is 0 Å². The van der Waals surface area contributed by atoms with E-state index in [1.807, 2.05) is 0 Å². The summed E-state index contributed by atoms with van der Waals surface area (Å²) in [6, 6.07) is 16.9. The van der Waals surface area contributed by atoms with Crippen LogP contribution in [0, 0.1) is 5.41 Å². The molecule has 45 heavy (non-hydrogen) atoms. The zero-order valence-corrected chi connectivity index (χ0v) is 29.6. The second kappa shape index (κ2) is 19.1. The average Bonchev–Trinajstić information content (AvgIpc) is 3.05. The number of aliphatic hydroxyl groups is 2. The van der Waals surface area contributed by atoms with Crippen LogP contribution in [0.4, 0.5) is 0 Å². The first-order valence-electron chi connectivity index (χ1n) is 17.1. The molecule has 0 atom stereocenters. The molecule has 2 aromatic rings. The molecule has 0 saturated heterocycles. The molecular formula is C35H62O8P2. The van der Waals surface area contributed by atoms with Crippen molar-refractivity contribution in [3.8, 4) is 0 Å². The number of benzene rings is 2. The number of hydrogen-bond donors (Lipinski definition) is 6. The van der Waals surface area contributed by atoms with Crippen LogP contribution in [0.3, 0.4) is 0 Å². The molecule has 260 valence electrons. The Morgan fingerprint density at radius 2 is 0.800 bits per heavy atom. The summed E-state index contributed by atoms with van der Waals surface area (Å²) in [5, 5.41) is 21.5. The fourth-order valence-electron chi connectivity index (χ4n) is 5.52. The molecule has 0 aliphatic carbocycles. The third-order valence-electron chi connectivity index (χ3n) is 8.83. The molecule has 2 rings (SSSR count). The Hall–Kier alpha value is -1.02. The number of hydrogen-bond acceptors (Lipinski definition) is 8. The summed E-state index contributed by atoms with van der Waals surface area (Å²) in [5.41, 5.74) is -1.52. The molecule has 0 bridgehead atoms. The van der Waals surface area contributed by atoms with Gasteiger partial charge in [-0.2, -0.15) is 0 Å². The molecule has 0 spiro atoms. The number of aliphatic hydroxyl groups excluding tert-OH is 2. The monoisotopic (exact) mass is 672 g/mol. The fraction of sp³-hybridized carbons (Fsp3) is 0.657. The second-order valence-electron chi connectivity index (χ2n) is 13.0. The van der Waals surface area contributed by atoms with Gasteiger partial charge in [0.15, 0.2) is 0 Å². The van der Waals surface area contributed by atoms with Gasteiger partial charge in [0.1, 0.15) is 0 Å². The average molecular weight is 673 g/mol. The molecule has 0 heterocycles. The van der Waals surface area contributed by atoms with Crippen molar-refractivity contribution in [1.82, 2.24) is 0 Å². The summed E-state index contributed by atoms with van der Waals surface area (Å²) in [7, 11) is -9.87. The molecule has 0 unspecified atom stereocenters. The van der Waals surface area contributed by atoms with Gasteiger partial charge in [-0.05, 0) is 0 Å². The zero-order chi connectivity index (χ0) is 33.2. The molecule has 0 aliphatic rings. The van der Waals surface area contributed by atoms with Gasteiger partial charge in [0.05, 0.1) is 0 Å². The molecular weight excluding hydrogens is 610 g/mol. The predicted molar refractivity (Wildman–Crippen MR) is 189 cm³/mol. The van der Waals surface area contributed by atoms with Crippen LogP contribution in [0.5, 0.6) is 0 Å². The number of unbranched alkanes of at least 4 members (excludes halogenated alkanes) is 12. The minimum absolute atomic E-state index is 0.0128. The van der Waals surface area contributed by atoms with Gasteiger partial charge in [0.25, 0.3) is 0 Å². The minimum atomic E-state index is -4.93. The van der Waals surface area contributed by atoms with E-state index in [2.05, 4.69) is 13.8 Å². The molecule has 0 aromatic heterocycles. The van der Waals surface area contributed by atoms with Gasteiger partial charge in [-0.15, -0.1) is 0 Å². The zero-order valence-electron chi connectivity index (χ0n) is 27.8. The third kappa shape index (κ3) is 12.8. The van der Waals surface area contributed by atoms with Crippen molar-refractivity contribution in [1.29, 1.82) is 0 Å². The molecule has 0 fully saturated rings. The standard InChI is InChI=1S/C35H62O8P2/c1-3-5-7-9-11-13-21-27-44(38,39,33-23-17-15-18-24-33)42-31-35(29-36,30-37)32-43-45(40,41,34-25-19-16-20-26-34)28-22-14-12-10-8-6-4-2/h15-20,23-26,36-41H,3-14,21-22,27-32H2,1-2H3. The Labute approximate surface area is 272 Å². The summed E-state index contributed by atoms with van der Waals surface area (Å²) in [4.78, 5) is 47.6. The van der Waals surface area contributed by atoms with Crippen molar-refractivity contribution < 1.29 is 38.8 Å². The first kappa shape index (κ1) is 40.2. The SMILES string of the molecule is CCCCCCCCCP(O)(O)(OCC(CO)(CO)COP(O)(O)(CCCCCCCCC)c1ccccc1)c1ccccc1. The van der Waals surface area contributed by atoms with E-state index >= 15 is 0 Å². The molecule has 2 aromatic carbocycles. The number of rotatable bonds is 26. The van der Waals surface area contributed by atoms with Gasteiger partial charge >= 0.3 is 273 Å². The Morgan fingerprint density at radius 1 is 0.489 bits per heavy atom. The Balaban J connectivity index is 2.20. The summed E-state index contributed by atoms with van der Waals surface area (Å²) in [6.45, 7) is 2.19. The maximum absolute atomic E-state index is 11.9. The summed E-state index contributed by atoms with van der Waals surface area (Å²) < 4.78 is 12.1. The Kier molecular flexibility index (Phi) is 17.0. The fourth-order valence-corrected chi connectivity index (χ4v) is 10.8. The van der Waals surface area contributed by atoms with E-state index in [-0.39, 0.29) is 22.9 Å². The van der Waals surface area contributed by atoms with Crippen LogP contribution in [0.2, 0.25) is 0 Å². The van der Waals surface area contributed by atoms with Crippen molar-refractivity contribution in [2.75, 3.05) is 38.8 Å². The van der Waals surface area contributed by atoms with Gasteiger partial charge in [-0.3, -0.25) is 0 Å². The van der Waals surface area contributed by atoms with E-state index in [9.17, 15) is 29.8 Å². The summed E-state index contributed by atoms with van der Waals surface area (Å²) >= 11 is 0. The second-order valence-corrected chi connectivity index (χ2v) is 19.9. The van der Waals surface area contributed by atoms with E-state index in [0.29, 0.717) is 12.8 Å². The van der Waals surface area contributed by atoms with Crippen LogP contribution >= 0.6 is 14.6 Å². The van der Waals surface area contributed by atoms with Crippen LogP contribution in [0.25, 0.3) is 0 Å². The summed E-state index contributed by atoms with van der Waals surface area (Å²) in [5.74, 6) is 0. The van der Waals surface area contributed by atoms with Crippen LogP contribution in [0.15, 0.2) is 60.7 Å². The summed E-state index contributed by atoms with van der Waals surface area (Å²) in [6.07, 6.45) is 14.0. The Bertz CT molecular complexity index is 982. The third-order valence-corrected chi connectivity index (χ3v) is 15.1. The molecule has 0 radical (unpaired) electrons. The van der Waals surface area contributed by atoms with Crippen LogP contribution < -0.4 is 10.6 Å². The van der Waals surface area contributed by atoms with Crippen LogP contribution in [-0.4, -0.2) is 68.5 Å². The Morgan fingerprint density at radius 3 is 1.11 bits per heavy atom. The molecule has 0 amide bonds. The maximum atomic E-state index is 11.9. The van der Waals surface area contributed by atoms with Crippen molar-refractivity contribution in [2.45, 2.75) is 104 Å². The van der Waals surface area contributed by atoms with Crippen LogP contribution in [0.1, 0.15) is 104 Å². The first-order valence-corrected chi connectivity index (χ1v) is 21.6. The molecule has 6 N–H and O–H groups in total. The first-order chi connectivity index (χ1) is 21.4. The van der Waals surface area contributed by atoms with Gasteiger partial charge in [-0.1, -0.05) is 0 Å². The van der Waals surface area contributed by atoms with Crippen molar-refractivity contribution >= 4 is 25.2 Å². The van der Waals surface area contributed by atoms with Gasteiger partial charge in [0.2, 0.25) is 0 Å². The van der Waals surface area contributed by atoms with Crippen molar-refractivity contribution in [3.05, 3.63) is 60.7 Å². The molecule has 0 saturated carbocycles. The van der Waals surface area contributed by atoms with E-state index in [4.69, 9.17) is 9.05 Å². The van der Waals surface area contributed by atoms with E-state index in [0.717, 1.165) is 64.2 Å². The normalized spacial score (nSPS) is 14.5. The van der Waals surface area contributed by atoms with Gasteiger partial charge in [0, 0.05) is 0 Å². The topological polar surface area (TPSA) is 140 Å².